The lowest BCUT2D eigenvalue weighted by atomic mass is 9.99. The molecule has 5 rings (SSSR count). The third kappa shape index (κ3) is 3.52. The lowest BCUT2D eigenvalue weighted by Crippen LogP contribution is -2.60. The second-order valence-electron chi connectivity index (χ2n) is 7.89. The van der Waals surface area contributed by atoms with Gasteiger partial charge in [-0.05, 0) is 12.1 Å². The van der Waals surface area contributed by atoms with Crippen LogP contribution in [-0.4, -0.2) is 64.8 Å². The smallest absolute Gasteiger partial charge is 0.235 e. The molecule has 1 fully saturated rings. The van der Waals surface area contributed by atoms with Crippen molar-refractivity contribution in [2.75, 3.05) is 13.7 Å². The quantitative estimate of drug-likeness (QED) is 0.337. The van der Waals surface area contributed by atoms with Gasteiger partial charge < -0.3 is 43.5 Å². The molecular weight excluding hydrogens is 448 g/mol. The van der Waals surface area contributed by atoms with Crippen LogP contribution < -0.4 is 14.9 Å². The molecule has 0 aliphatic carbocycles. The standard InChI is InChI=1S/C24H22O10/c1-30-23-16(26)13-9-14(32-24-19(29)18(28)17(27)15(10-25)33-24)22-12(7-8-31-22)21(13)34-20(23)11-5-3-2-4-6-11/h2-9,15,17-19,24-25,27-29H,10H2,1H3/t15?,17-,18+,19?,24-/m1/s1. The number of furan rings is 1. The van der Waals surface area contributed by atoms with Crippen molar-refractivity contribution in [3.8, 4) is 22.8 Å². The van der Waals surface area contributed by atoms with Gasteiger partial charge >= 0.3 is 0 Å². The normalized spacial score (nSPS) is 25.0. The molecule has 2 aromatic carbocycles. The second kappa shape index (κ2) is 8.75. The van der Waals surface area contributed by atoms with Crippen LogP contribution in [0.2, 0.25) is 0 Å². The van der Waals surface area contributed by atoms with Crippen molar-refractivity contribution in [1.29, 1.82) is 0 Å². The number of methoxy groups -OCH3 is 1. The first-order valence-electron chi connectivity index (χ1n) is 10.5. The van der Waals surface area contributed by atoms with Gasteiger partial charge in [0.15, 0.2) is 17.1 Å². The van der Waals surface area contributed by atoms with Crippen LogP contribution >= 0.6 is 0 Å². The zero-order valence-electron chi connectivity index (χ0n) is 18.0. The maximum absolute atomic E-state index is 13.4. The van der Waals surface area contributed by atoms with E-state index >= 15 is 0 Å². The van der Waals surface area contributed by atoms with E-state index in [9.17, 15) is 25.2 Å². The summed E-state index contributed by atoms with van der Waals surface area (Å²) in [5.41, 5.74) is 0.646. The van der Waals surface area contributed by atoms with Gasteiger partial charge in [0.2, 0.25) is 17.5 Å². The summed E-state index contributed by atoms with van der Waals surface area (Å²) in [6.07, 6.45) is -6.02. The van der Waals surface area contributed by atoms with Crippen molar-refractivity contribution in [3.05, 3.63) is 59.0 Å². The van der Waals surface area contributed by atoms with Crippen LogP contribution in [0.1, 0.15) is 0 Å². The summed E-state index contributed by atoms with van der Waals surface area (Å²) in [5, 5.41) is 40.4. The van der Waals surface area contributed by atoms with Gasteiger partial charge in [0, 0.05) is 5.56 Å². The Balaban J connectivity index is 1.66. The minimum atomic E-state index is -1.63. The first kappa shape index (κ1) is 22.4. The average Bonchev–Trinajstić information content (AvgIpc) is 3.36. The number of ether oxygens (including phenoxy) is 3. The molecule has 1 aliphatic heterocycles. The summed E-state index contributed by atoms with van der Waals surface area (Å²) in [7, 11) is 1.37. The summed E-state index contributed by atoms with van der Waals surface area (Å²) in [6.45, 7) is -0.609. The molecule has 1 aliphatic rings. The largest absolute Gasteiger partial charge is 0.490 e. The van der Waals surface area contributed by atoms with E-state index in [1.165, 1.54) is 19.4 Å². The number of fused-ring (bicyclic) bond motifs is 3. The van der Waals surface area contributed by atoms with E-state index in [-0.39, 0.29) is 33.8 Å². The Morgan fingerprint density at radius 1 is 0.971 bits per heavy atom. The molecule has 2 aromatic heterocycles. The number of rotatable bonds is 5. The Labute approximate surface area is 192 Å². The van der Waals surface area contributed by atoms with E-state index < -0.39 is 42.7 Å². The third-order valence-electron chi connectivity index (χ3n) is 5.85. The maximum atomic E-state index is 13.4. The van der Waals surface area contributed by atoms with E-state index in [1.54, 1.807) is 18.2 Å². The molecular formula is C24H22O10. The molecule has 0 saturated carbocycles. The number of aliphatic hydroxyl groups is 4. The first-order valence-corrected chi connectivity index (χ1v) is 10.5. The van der Waals surface area contributed by atoms with Gasteiger partial charge in [-0.25, -0.2) is 0 Å². The van der Waals surface area contributed by atoms with Gasteiger partial charge in [0.1, 0.15) is 30.0 Å². The zero-order chi connectivity index (χ0) is 24.0. The summed E-state index contributed by atoms with van der Waals surface area (Å²) in [6, 6.07) is 12.0. The second-order valence-corrected chi connectivity index (χ2v) is 7.89. The highest BCUT2D eigenvalue weighted by Gasteiger charge is 2.45. The van der Waals surface area contributed by atoms with Crippen LogP contribution in [0, 0.1) is 0 Å². The Hall–Kier alpha value is -3.41. The monoisotopic (exact) mass is 470 g/mol. The van der Waals surface area contributed by atoms with Crippen LogP contribution in [-0.2, 0) is 4.74 Å². The Morgan fingerprint density at radius 2 is 1.74 bits per heavy atom. The molecule has 0 spiro atoms. The molecule has 10 heteroatoms. The van der Waals surface area contributed by atoms with E-state index in [4.69, 9.17) is 23.0 Å². The summed E-state index contributed by atoms with van der Waals surface area (Å²) in [5.74, 6) is 0.282. The fourth-order valence-electron chi connectivity index (χ4n) is 4.08. The SMILES string of the molecule is COc1c(-c2ccccc2)oc2c(cc(O[C@@H]3OC(CO)[C@@H](O)[C@H](O)C3O)c3occc32)c1=O. The summed E-state index contributed by atoms with van der Waals surface area (Å²) >= 11 is 0. The van der Waals surface area contributed by atoms with Crippen molar-refractivity contribution >= 4 is 21.9 Å². The van der Waals surface area contributed by atoms with Crippen LogP contribution in [0.5, 0.6) is 11.5 Å². The van der Waals surface area contributed by atoms with E-state index in [1.807, 2.05) is 18.2 Å². The molecule has 3 heterocycles. The number of hydrogen-bond acceptors (Lipinski definition) is 10. The van der Waals surface area contributed by atoms with Gasteiger partial charge in [-0.2, -0.15) is 0 Å². The summed E-state index contributed by atoms with van der Waals surface area (Å²) in [4.78, 5) is 13.4. The van der Waals surface area contributed by atoms with E-state index in [0.29, 0.717) is 10.9 Å². The van der Waals surface area contributed by atoms with Crippen molar-refractivity contribution in [2.45, 2.75) is 30.7 Å². The highest BCUT2D eigenvalue weighted by molar-refractivity contribution is 6.05. The van der Waals surface area contributed by atoms with Crippen LogP contribution in [0.15, 0.2) is 62.4 Å². The molecule has 178 valence electrons. The van der Waals surface area contributed by atoms with Gasteiger partial charge in [0.05, 0.1) is 30.8 Å². The zero-order valence-corrected chi connectivity index (χ0v) is 18.0. The molecule has 4 N–H and O–H groups in total. The summed E-state index contributed by atoms with van der Waals surface area (Å²) < 4.78 is 28.3. The predicted molar refractivity (Wildman–Crippen MR) is 119 cm³/mol. The third-order valence-corrected chi connectivity index (χ3v) is 5.85. The molecule has 10 nitrogen and oxygen atoms in total. The average molecular weight is 470 g/mol. The van der Waals surface area contributed by atoms with Gasteiger partial charge in [-0.1, -0.05) is 30.3 Å². The molecule has 1 saturated heterocycles. The van der Waals surface area contributed by atoms with E-state index in [0.717, 1.165) is 0 Å². The minimum absolute atomic E-state index is 0.000310. The van der Waals surface area contributed by atoms with Crippen molar-refractivity contribution < 1.29 is 43.5 Å². The number of aliphatic hydroxyl groups excluding tert-OH is 4. The van der Waals surface area contributed by atoms with Gasteiger partial charge in [-0.15, -0.1) is 0 Å². The predicted octanol–water partition coefficient (Wildman–Crippen LogP) is 1.39. The Morgan fingerprint density at radius 3 is 2.44 bits per heavy atom. The minimum Gasteiger partial charge on any atom is -0.490 e. The number of benzene rings is 2. The molecule has 0 bridgehead atoms. The molecule has 4 aromatic rings. The fourth-order valence-corrected chi connectivity index (χ4v) is 4.08. The molecule has 0 amide bonds. The Kier molecular flexibility index (Phi) is 5.76. The lowest BCUT2D eigenvalue weighted by molar-refractivity contribution is -0.277. The Bertz CT molecular complexity index is 1370. The highest BCUT2D eigenvalue weighted by Crippen LogP contribution is 2.39. The molecule has 0 radical (unpaired) electrons. The first-order chi connectivity index (χ1) is 16.4. The van der Waals surface area contributed by atoms with Crippen LogP contribution in [0.3, 0.4) is 0 Å². The van der Waals surface area contributed by atoms with Gasteiger partial charge in [-0.3, -0.25) is 4.79 Å². The van der Waals surface area contributed by atoms with Crippen LogP contribution in [0.25, 0.3) is 33.3 Å². The molecule has 34 heavy (non-hydrogen) atoms. The van der Waals surface area contributed by atoms with Crippen molar-refractivity contribution in [3.63, 3.8) is 0 Å². The fraction of sp³-hybridized carbons (Fsp3) is 0.292. The van der Waals surface area contributed by atoms with Gasteiger partial charge in [0.25, 0.3) is 0 Å². The molecule has 5 atom stereocenters. The number of hydrogen-bond donors (Lipinski definition) is 4. The highest BCUT2D eigenvalue weighted by atomic mass is 16.7. The van der Waals surface area contributed by atoms with Crippen molar-refractivity contribution in [1.82, 2.24) is 0 Å². The maximum Gasteiger partial charge on any atom is 0.235 e. The topological polar surface area (TPSA) is 152 Å². The van der Waals surface area contributed by atoms with E-state index in [2.05, 4.69) is 0 Å². The molecule has 2 unspecified atom stereocenters. The van der Waals surface area contributed by atoms with Crippen LogP contribution in [0.4, 0.5) is 0 Å². The van der Waals surface area contributed by atoms with Crippen molar-refractivity contribution in [2.24, 2.45) is 0 Å². The lowest BCUT2D eigenvalue weighted by Gasteiger charge is -2.39.